The number of carbonyl (C=O) groups is 1. The smallest absolute Gasteiger partial charge is 0.348 e. The summed E-state index contributed by atoms with van der Waals surface area (Å²) in [7, 11) is 1.25. The monoisotopic (exact) mass is 227 g/mol. The van der Waals surface area contributed by atoms with Gasteiger partial charge in [0.25, 0.3) is 0 Å². The standard InChI is InChI=1S/C14H13NO2/c1-11(8-12-6-4-3-5-7-12)9-13(10-15)14(16)17-2/h3-9H,1-2H3. The number of nitrogens with zero attached hydrogens (tertiary/aromatic N) is 1. The molecule has 0 unspecified atom stereocenters. The second-order valence-corrected chi connectivity index (χ2v) is 3.46. The van der Waals surface area contributed by atoms with Crippen molar-refractivity contribution in [2.45, 2.75) is 6.92 Å². The first-order valence-electron chi connectivity index (χ1n) is 5.11. The highest BCUT2D eigenvalue weighted by Crippen LogP contribution is 2.09. The summed E-state index contributed by atoms with van der Waals surface area (Å²) < 4.78 is 4.50. The minimum absolute atomic E-state index is 0.00261. The quantitative estimate of drug-likeness (QED) is 0.345. The highest BCUT2D eigenvalue weighted by molar-refractivity contribution is 5.93. The average Bonchev–Trinajstić information content (AvgIpc) is 2.36. The zero-order valence-corrected chi connectivity index (χ0v) is 9.81. The fraction of sp³-hybridized carbons (Fsp3) is 0.143. The van der Waals surface area contributed by atoms with Gasteiger partial charge in [0, 0.05) is 0 Å². The van der Waals surface area contributed by atoms with Crippen molar-refractivity contribution < 1.29 is 9.53 Å². The van der Waals surface area contributed by atoms with Crippen LogP contribution in [0.1, 0.15) is 12.5 Å². The molecule has 0 aliphatic carbocycles. The number of benzene rings is 1. The Hall–Kier alpha value is -2.34. The Balaban J connectivity index is 2.95. The second kappa shape index (κ2) is 6.29. The number of nitriles is 1. The van der Waals surface area contributed by atoms with E-state index in [1.165, 1.54) is 13.2 Å². The Morgan fingerprint density at radius 3 is 2.53 bits per heavy atom. The van der Waals surface area contributed by atoms with E-state index >= 15 is 0 Å². The molecule has 0 fully saturated rings. The zero-order chi connectivity index (χ0) is 12.7. The molecule has 3 nitrogen and oxygen atoms in total. The van der Waals surface area contributed by atoms with Crippen molar-refractivity contribution >= 4 is 12.0 Å². The molecule has 1 rings (SSSR count). The van der Waals surface area contributed by atoms with Crippen molar-refractivity contribution in [3.63, 3.8) is 0 Å². The van der Waals surface area contributed by atoms with Crippen LogP contribution < -0.4 is 0 Å². The maximum atomic E-state index is 11.2. The van der Waals surface area contributed by atoms with Gasteiger partial charge < -0.3 is 4.74 Å². The van der Waals surface area contributed by atoms with Crippen LogP contribution in [0.25, 0.3) is 6.08 Å². The molecule has 3 heteroatoms. The molecule has 0 saturated heterocycles. The molecule has 1 aromatic carbocycles. The Morgan fingerprint density at radius 2 is 2.00 bits per heavy atom. The predicted molar refractivity (Wildman–Crippen MR) is 65.8 cm³/mol. The summed E-state index contributed by atoms with van der Waals surface area (Å²) in [4.78, 5) is 11.2. The van der Waals surface area contributed by atoms with Crippen molar-refractivity contribution in [3.05, 3.63) is 53.1 Å². The molecule has 86 valence electrons. The molecule has 0 aliphatic rings. The third kappa shape index (κ3) is 3.96. The van der Waals surface area contributed by atoms with Crippen LogP contribution in [0.3, 0.4) is 0 Å². The maximum absolute atomic E-state index is 11.2. The SMILES string of the molecule is COC(=O)C(C#N)=CC(C)=Cc1ccccc1. The number of hydrogen-bond acceptors (Lipinski definition) is 3. The van der Waals surface area contributed by atoms with E-state index in [1.54, 1.807) is 0 Å². The van der Waals surface area contributed by atoms with Gasteiger partial charge in [-0.2, -0.15) is 5.26 Å². The topological polar surface area (TPSA) is 50.1 Å². The van der Waals surface area contributed by atoms with Crippen LogP contribution in [0.15, 0.2) is 47.6 Å². The number of carbonyl (C=O) groups excluding carboxylic acids is 1. The third-order valence-electron chi connectivity index (χ3n) is 2.09. The largest absolute Gasteiger partial charge is 0.465 e. The lowest BCUT2D eigenvalue weighted by Crippen LogP contribution is -2.02. The van der Waals surface area contributed by atoms with Crippen LogP contribution in [0.4, 0.5) is 0 Å². The van der Waals surface area contributed by atoms with Crippen molar-refractivity contribution in [1.29, 1.82) is 5.26 Å². The molecule has 0 amide bonds. The van der Waals surface area contributed by atoms with Crippen molar-refractivity contribution in [2.75, 3.05) is 7.11 Å². The summed E-state index contributed by atoms with van der Waals surface area (Å²) in [5, 5.41) is 8.80. The fourth-order valence-electron chi connectivity index (χ4n) is 1.33. The molecule has 0 spiro atoms. The molecule has 0 atom stereocenters. The predicted octanol–water partition coefficient (Wildman–Crippen LogP) is 2.71. The van der Waals surface area contributed by atoms with Gasteiger partial charge in [-0.05, 0) is 24.1 Å². The summed E-state index contributed by atoms with van der Waals surface area (Å²) in [6, 6.07) is 11.5. The zero-order valence-electron chi connectivity index (χ0n) is 9.81. The first-order chi connectivity index (χ1) is 8.17. The molecule has 0 saturated carbocycles. The summed E-state index contributed by atoms with van der Waals surface area (Å²) >= 11 is 0. The van der Waals surface area contributed by atoms with Crippen LogP contribution in [0, 0.1) is 11.3 Å². The fourth-order valence-corrected chi connectivity index (χ4v) is 1.33. The number of hydrogen-bond donors (Lipinski definition) is 0. The number of methoxy groups -OCH3 is 1. The Labute approximate surface area is 101 Å². The van der Waals surface area contributed by atoms with Gasteiger partial charge in [-0.3, -0.25) is 0 Å². The molecule has 0 radical (unpaired) electrons. The Morgan fingerprint density at radius 1 is 1.35 bits per heavy atom. The lowest BCUT2D eigenvalue weighted by Gasteiger charge is -1.98. The van der Waals surface area contributed by atoms with E-state index in [0.717, 1.165) is 11.1 Å². The summed E-state index contributed by atoms with van der Waals surface area (Å²) in [5.74, 6) is -0.617. The second-order valence-electron chi connectivity index (χ2n) is 3.46. The van der Waals surface area contributed by atoms with Gasteiger partial charge in [-0.25, -0.2) is 4.79 Å². The first kappa shape index (κ1) is 12.7. The summed E-state index contributed by atoms with van der Waals surface area (Å²) in [6.45, 7) is 1.83. The lowest BCUT2D eigenvalue weighted by atomic mass is 10.1. The molecule has 0 N–H and O–H groups in total. The maximum Gasteiger partial charge on any atom is 0.348 e. The molecule has 1 aromatic rings. The molecular weight excluding hydrogens is 214 g/mol. The van der Waals surface area contributed by atoms with E-state index in [0.29, 0.717) is 0 Å². The van der Waals surface area contributed by atoms with Crippen LogP contribution in [0.5, 0.6) is 0 Å². The minimum atomic E-state index is -0.617. The molecule has 0 bridgehead atoms. The van der Waals surface area contributed by atoms with E-state index in [1.807, 2.05) is 49.4 Å². The van der Waals surface area contributed by atoms with Gasteiger partial charge in [0.1, 0.15) is 11.6 Å². The van der Waals surface area contributed by atoms with Crippen LogP contribution >= 0.6 is 0 Å². The van der Waals surface area contributed by atoms with E-state index in [2.05, 4.69) is 4.74 Å². The number of ether oxygens (including phenoxy) is 1. The van der Waals surface area contributed by atoms with Crippen LogP contribution in [-0.4, -0.2) is 13.1 Å². The van der Waals surface area contributed by atoms with E-state index in [-0.39, 0.29) is 5.57 Å². The number of esters is 1. The van der Waals surface area contributed by atoms with Gasteiger partial charge in [0.05, 0.1) is 7.11 Å². The van der Waals surface area contributed by atoms with Crippen molar-refractivity contribution in [3.8, 4) is 6.07 Å². The number of rotatable bonds is 3. The molecule has 0 aromatic heterocycles. The van der Waals surface area contributed by atoms with Gasteiger partial charge in [-0.15, -0.1) is 0 Å². The summed E-state index contributed by atoms with van der Waals surface area (Å²) in [6.07, 6.45) is 3.40. The normalized spacial score (nSPS) is 11.8. The molecule has 17 heavy (non-hydrogen) atoms. The highest BCUT2D eigenvalue weighted by Gasteiger charge is 2.07. The van der Waals surface area contributed by atoms with Crippen molar-refractivity contribution in [1.82, 2.24) is 0 Å². The minimum Gasteiger partial charge on any atom is -0.465 e. The molecule has 0 heterocycles. The number of allylic oxidation sites excluding steroid dienone is 2. The Bertz CT molecular complexity index is 493. The molecular formula is C14H13NO2. The first-order valence-corrected chi connectivity index (χ1v) is 5.11. The lowest BCUT2D eigenvalue weighted by molar-refractivity contribution is -0.135. The van der Waals surface area contributed by atoms with E-state index < -0.39 is 5.97 Å². The highest BCUT2D eigenvalue weighted by atomic mass is 16.5. The van der Waals surface area contributed by atoms with Gasteiger partial charge in [0.2, 0.25) is 0 Å². The van der Waals surface area contributed by atoms with Gasteiger partial charge in [0.15, 0.2) is 0 Å². The summed E-state index contributed by atoms with van der Waals surface area (Å²) in [5.41, 5.74) is 1.83. The van der Waals surface area contributed by atoms with Crippen LogP contribution in [-0.2, 0) is 9.53 Å². The van der Waals surface area contributed by atoms with Crippen molar-refractivity contribution in [2.24, 2.45) is 0 Å². The van der Waals surface area contributed by atoms with E-state index in [9.17, 15) is 4.79 Å². The third-order valence-corrected chi connectivity index (χ3v) is 2.09. The van der Waals surface area contributed by atoms with Crippen LogP contribution in [0.2, 0.25) is 0 Å². The van der Waals surface area contributed by atoms with Gasteiger partial charge >= 0.3 is 5.97 Å². The van der Waals surface area contributed by atoms with Gasteiger partial charge in [-0.1, -0.05) is 36.4 Å². The van der Waals surface area contributed by atoms with E-state index in [4.69, 9.17) is 5.26 Å². The Kier molecular flexibility index (Phi) is 4.71. The molecule has 0 aliphatic heterocycles. The average molecular weight is 227 g/mol.